The molecule has 1 heterocycles. The van der Waals surface area contributed by atoms with Gasteiger partial charge in [0, 0.05) is 12.1 Å². The summed E-state index contributed by atoms with van der Waals surface area (Å²) in [7, 11) is 0. The summed E-state index contributed by atoms with van der Waals surface area (Å²) in [6.45, 7) is 0.600. The fraction of sp³-hybridized carbons (Fsp3) is 0.136. The molecule has 1 N–H and O–H groups in total. The van der Waals surface area contributed by atoms with Crippen molar-refractivity contribution < 1.29 is 19.0 Å². The van der Waals surface area contributed by atoms with Crippen LogP contribution in [0.25, 0.3) is 0 Å². The van der Waals surface area contributed by atoms with E-state index in [0.29, 0.717) is 18.0 Å². The van der Waals surface area contributed by atoms with Crippen molar-refractivity contribution in [3.63, 3.8) is 0 Å². The van der Waals surface area contributed by atoms with E-state index in [1.165, 1.54) is 0 Å². The molecule has 3 aromatic carbocycles. The third kappa shape index (κ3) is 4.03. The van der Waals surface area contributed by atoms with Gasteiger partial charge >= 0.3 is 0 Å². The summed E-state index contributed by atoms with van der Waals surface area (Å²) in [6.07, 6.45) is -0.734. The van der Waals surface area contributed by atoms with E-state index < -0.39 is 6.10 Å². The highest BCUT2D eigenvalue weighted by molar-refractivity contribution is 5.82. The molecule has 1 atom stereocenters. The summed E-state index contributed by atoms with van der Waals surface area (Å²) in [5.41, 5.74) is 1.73. The third-order valence-electron chi connectivity index (χ3n) is 4.24. The van der Waals surface area contributed by atoms with Gasteiger partial charge in [-0.15, -0.1) is 0 Å². The first-order valence-electron chi connectivity index (χ1n) is 8.72. The molecular formula is C22H19NO4. The van der Waals surface area contributed by atoms with Gasteiger partial charge in [0.2, 0.25) is 12.9 Å². The van der Waals surface area contributed by atoms with Crippen LogP contribution in [0.2, 0.25) is 0 Å². The van der Waals surface area contributed by atoms with E-state index in [1.807, 2.05) is 78.9 Å². The average Bonchev–Trinajstić information content (AvgIpc) is 3.19. The highest BCUT2D eigenvalue weighted by atomic mass is 16.7. The highest BCUT2D eigenvalue weighted by Crippen LogP contribution is 2.32. The minimum atomic E-state index is -0.734. The molecule has 0 fully saturated rings. The lowest BCUT2D eigenvalue weighted by molar-refractivity contribution is -0.128. The molecule has 4 rings (SSSR count). The van der Waals surface area contributed by atoms with Gasteiger partial charge in [0.15, 0.2) is 11.5 Å². The monoisotopic (exact) mass is 361 g/mol. The van der Waals surface area contributed by atoms with Crippen molar-refractivity contribution in [3.05, 3.63) is 90.0 Å². The van der Waals surface area contributed by atoms with Gasteiger partial charge in [0.05, 0.1) is 0 Å². The average molecular weight is 361 g/mol. The molecule has 0 radical (unpaired) electrons. The fourth-order valence-corrected chi connectivity index (χ4v) is 2.87. The standard InChI is InChI=1S/C22H19NO4/c24-22(23-14-16-11-12-19-20(13-16)26-15-25-19)21(17-7-3-1-4-8-17)27-18-9-5-2-6-10-18/h1-13,21H,14-15H2,(H,23,24)/t21-/m0/s1. The number of carbonyl (C=O) groups is 1. The molecule has 0 aromatic heterocycles. The Bertz CT molecular complexity index is 912. The summed E-state index contributed by atoms with van der Waals surface area (Å²) >= 11 is 0. The Balaban J connectivity index is 1.48. The number of fused-ring (bicyclic) bond motifs is 1. The first-order valence-corrected chi connectivity index (χ1v) is 8.72. The van der Waals surface area contributed by atoms with E-state index in [4.69, 9.17) is 14.2 Å². The van der Waals surface area contributed by atoms with Crippen LogP contribution in [0.15, 0.2) is 78.9 Å². The predicted molar refractivity (Wildman–Crippen MR) is 101 cm³/mol. The van der Waals surface area contributed by atoms with Crippen LogP contribution in [0, 0.1) is 0 Å². The van der Waals surface area contributed by atoms with Crippen molar-refractivity contribution in [1.82, 2.24) is 5.32 Å². The summed E-state index contributed by atoms with van der Waals surface area (Å²) in [6, 6.07) is 24.4. The lowest BCUT2D eigenvalue weighted by Crippen LogP contribution is -2.32. The van der Waals surface area contributed by atoms with Crippen molar-refractivity contribution in [2.75, 3.05) is 6.79 Å². The zero-order valence-corrected chi connectivity index (χ0v) is 14.6. The molecule has 136 valence electrons. The van der Waals surface area contributed by atoms with Crippen molar-refractivity contribution in [2.24, 2.45) is 0 Å². The predicted octanol–water partition coefficient (Wildman–Crippen LogP) is 3.85. The Morgan fingerprint density at radius 3 is 2.41 bits per heavy atom. The van der Waals surface area contributed by atoms with Gasteiger partial charge in [-0.1, -0.05) is 54.6 Å². The molecule has 5 nitrogen and oxygen atoms in total. The molecule has 1 amide bonds. The van der Waals surface area contributed by atoms with Crippen molar-refractivity contribution >= 4 is 5.91 Å². The van der Waals surface area contributed by atoms with Crippen LogP contribution in [-0.2, 0) is 11.3 Å². The molecular weight excluding hydrogens is 342 g/mol. The van der Waals surface area contributed by atoms with Crippen LogP contribution in [0.1, 0.15) is 17.2 Å². The second-order valence-electron chi connectivity index (χ2n) is 6.13. The minimum Gasteiger partial charge on any atom is -0.476 e. The number of rotatable bonds is 6. The topological polar surface area (TPSA) is 56.8 Å². The van der Waals surface area contributed by atoms with E-state index in [0.717, 1.165) is 16.9 Å². The largest absolute Gasteiger partial charge is 0.476 e. The molecule has 0 saturated heterocycles. The third-order valence-corrected chi connectivity index (χ3v) is 4.24. The maximum Gasteiger partial charge on any atom is 0.266 e. The number of carbonyl (C=O) groups excluding carboxylic acids is 1. The minimum absolute atomic E-state index is 0.206. The van der Waals surface area contributed by atoms with Crippen molar-refractivity contribution in [1.29, 1.82) is 0 Å². The van der Waals surface area contributed by atoms with E-state index in [2.05, 4.69) is 5.32 Å². The molecule has 0 aliphatic carbocycles. The maximum absolute atomic E-state index is 12.9. The molecule has 1 aliphatic heterocycles. The molecule has 1 aliphatic rings. The summed E-state index contributed by atoms with van der Waals surface area (Å²) < 4.78 is 16.7. The summed E-state index contributed by atoms with van der Waals surface area (Å²) in [5, 5.41) is 2.95. The van der Waals surface area contributed by atoms with Crippen LogP contribution in [0.4, 0.5) is 0 Å². The van der Waals surface area contributed by atoms with Crippen LogP contribution in [0.3, 0.4) is 0 Å². The van der Waals surface area contributed by atoms with Gasteiger partial charge in [-0.25, -0.2) is 0 Å². The number of amides is 1. The Morgan fingerprint density at radius 2 is 1.63 bits per heavy atom. The van der Waals surface area contributed by atoms with Crippen LogP contribution < -0.4 is 19.5 Å². The lowest BCUT2D eigenvalue weighted by atomic mass is 10.1. The van der Waals surface area contributed by atoms with E-state index in [9.17, 15) is 4.79 Å². The van der Waals surface area contributed by atoms with Crippen LogP contribution >= 0.6 is 0 Å². The second kappa shape index (κ2) is 7.83. The number of para-hydroxylation sites is 1. The SMILES string of the molecule is O=C(NCc1ccc2c(c1)OCO2)[C@@H](Oc1ccccc1)c1ccccc1. The van der Waals surface area contributed by atoms with E-state index >= 15 is 0 Å². The maximum atomic E-state index is 12.9. The Morgan fingerprint density at radius 1 is 0.926 bits per heavy atom. The van der Waals surface area contributed by atoms with Gasteiger partial charge < -0.3 is 19.5 Å². The Hall–Kier alpha value is -3.47. The molecule has 0 spiro atoms. The molecule has 5 heteroatoms. The fourth-order valence-electron chi connectivity index (χ4n) is 2.87. The molecule has 0 saturated carbocycles. The zero-order valence-electron chi connectivity index (χ0n) is 14.6. The van der Waals surface area contributed by atoms with Gasteiger partial charge in [0.1, 0.15) is 5.75 Å². The molecule has 0 bridgehead atoms. The van der Waals surface area contributed by atoms with Gasteiger partial charge in [-0.2, -0.15) is 0 Å². The Kier molecular flexibility index (Phi) is 4.92. The molecule has 3 aromatic rings. The highest BCUT2D eigenvalue weighted by Gasteiger charge is 2.22. The number of hydrogen-bond acceptors (Lipinski definition) is 4. The number of hydrogen-bond donors (Lipinski definition) is 1. The Labute approximate surface area is 157 Å². The van der Waals surface area contributed by atoms with Crippen molar-refractivity contribution in [2.45, 2.75) is 12.6 Å². The first kappa shape index (κ1) is 17.0. The molecule has 27 heavy (non-hydrogen) atoms. The van der Waals surface area contributed by atoms with E-state index in [-0.39, 0.29) is 12.7 Å². The second-order valence-corrected chi connectivity index (χ2v) is 6.13. The van der Waals surface area contributed by atoms with Crippen LogP contribution in [-0.4, -0.2) is 12.7 Å². The summed E-state index contributed by atoms with van der Waals surface area (Å²) in [4.78, 5) is 12.9. The number of benzene rings is 3. The van der Waals surface area contributed by atoms with Gasteiger partial charge in [-0.3, -0.25) is 4.79 Å². The lowest BCUT2D eigenvalue weighted by Gasteiger charge is -2.19. The summed E-state index contributed by atoms with van der Waals surface area (Å²) in [5.74, 6) is 1.86. The van der Waals surface area contributed by atoms with Gasteiger partial charge in [-0.05, 0) is 29.8 Å². The smallest absolute Gasteiger partial charge is 0.266 e. The number of ether oxygens (including phenoxy) is 3. The molecule has 0 unspecified atom stereocenters. The van der Waals surface area contributed by atoms with Crippen LogP contribution in [0.5, 0.6) is 17.2 Å². The van der Waals surface area contributed by atoms with E-state index in [1.54, 1.807) is 0 Å². The van der Waals surface area contributed by atoms with Gasteiger partial charge in [0.25, 0.3) is 5.91 Å². The first-order chi connectivity index (χ1) is 13.3. The quantitative estimate of drug-likeness (QED) is 0.724. The van der Waals surface area contributed by atoms with Crippen molar-refractivity contribution in [3.8, 4) is 17.2 Å². The normalized spacial score (nSPS) is 13.0. The number of nitrogens with one attached hydrogen (secondary N) is 1. The zero-order chi connectivity index (χ0) is 18.5.